The van der Waals surface area contributed by atoms with Crippen LogP contribution in [0.3, 0.4) is 0 Å². The smallest absolute Gasteiger partial charge is 0.422 e. The highest BCUT2D eigenvalue weighted by atomic mass is 19.4. The molecule has 1 saturated heterocycles. The molecule has 1 fully saturated rings. The van der Waals surface area contributed by atoms with E-state index in [0.717, 1.165) is 6.08 Å². The van der Waals surface area contributed by atoms with Gasteiger partial charge in [-0.2, -0.15) is 18.4 Å². The van der Waals surface area contributed by atoms with Crippen molar-refractivity contribution in [3.63, 3.8) is 0 Å². The first-order chi connectivity index (χ1) is 21.2. The number of benzene rings is 2. The summed E-state index contributed by atoms with van der Waals surface area (Å²) in [5.74, 6) is -0.953. The van der Waals surface area contributed by atoms with E-state index in [1.54, 1.807) is 18.2 Å². The van der Waals surface area contributed by atoms with Crippen molar-refractivity contribution >= 4 is 16.9 Å². The van der Waals surface area contributed by atoms with Crippen molar-refractivity contribution < 1.29 is 42.0 Å². The van der Waals surface area contributed by atoms with Crippen LogP contribution in [0.2, 0.25) is 0 Å². The van der Waals surface area contributed by atoms with Crippen LogP contribution in [0.5, 0.6) is 11.5 Å². The minimum absolute atomic E-state index is 0.0212. The van der Waals surface area contributed by atoms with E-state index in [-0.39, 0.29) is 54.2 Å². The first-order valence-corrected chi connectivity index (χ1v) is 14.0. The second kappa shape index (κ2) is 13.6. The first-order valence-electron chi connectivity index (χ1n) is 14.0. The number of methoxy groups -OCH3 is 1. The molecule has 238 valence electrons. The number of rotatable bonds is 12. The van der Waals surface area contributed by atoms with Gasteiger partial charge in [-0.05, 0) is 54.3 Å². The summed E-state index contributed by atoms with van der Waals surface area (Å²) in [6.07, 6.45) is -1.20. The number of aromatic nitrogens is 1. The lowest BCUT2D eigenvalue weighted by Crippen LogP contribution is -2.53. The summed E-state index contributed by atoms with van der Waals surface area (Å²) in [5, 5.41) is 30.0. The summed E-state index contributed by atoms with van der Waals surface area (Å²) in [7, 11) is 1.43. The molecule has 1 aromatic heterocycles. The number of β-amino-alcohol motifs (C(OH)–C–C–N with tert-alkyl or cyclic N) is 1. The summed E-state index contributed by atoms with van der Waals surface area (Å²) in [6.45, 7) is 6.62. The number of fused-ring (bicyclic) bond motifs is 1. The van der Waals surface area contributed by atoms with Gasteiger partial charge in [-0.25, -0.2) is 4.39 Å². The van der Waals surface area contributed by atoms with E-state index in [1.165, 1.54) is 47.0 Å². The van der Waals surface area contributed by atoms with Crippen LogP contribution in [0.4, 0.5) is 17.6 Å². The Labute approximate surface area is 257 Å². The zero-order valence-electron chi connectivity index (χ0n) is 24.6. The molecule has 1 unspecified atom stereocenters. The maximum atomic E-state index is 14.8. The molecule has 2 N–H and O–H groups in total. The number of aliphatic hydroxyl groups is 1. The van der Waals surface area contributed by atoms with Crippen LogP contribution in [0.15, 0.2) is 79.3 Å². The van der Waals surface area contributed by atoms with Crippen molar-refractivity contribution in [3.05, 3.63) is 96.0 Å². The minimum Gasteiger partial charge on any atom is -0.493 e. The third kappa shape index (κ3) is 7.74. The summed E-state index contributed by atoms with van der Waals surface area (Å²) in [5.41, 5.74) is -2.22. The van der Waals surface area contributed by atoms with E-state index in [0.29, 0.717) is 35.5 Å². The number of alkyl halides is 3. The number of ether oxygens (including phenoxy) is 2. The van der Waals surface area contributed by atoms with E-state index < -0.39 is 30.1 Å². The lowest BCUT2D eigenvalue weighted by molar-refractivity contribution is -0.272. The minimum atomic E-state index is -5.05. The van der Waals surface area contributed by atoms with Crippen molar-refractivity contribution in [3.8, 4) is 17.6 Å². The van der Waals surface area contributed by atoms with Crippen LogP contribution in [0.25, 0.3) is 10.9 Å². The van der Waals surface area contributed by atoms with E-state index in [1.807, 2.05) is 6.07 Å². The molecule has 0 saturated carbocycles. The van der Waals surface area contributed by atoms with Crippen LogP contribution in [-0.4, -0.2) is 64.7 Å². The quantitative estimate of drug-likeness (QED) is 0.186. The Bertz CT molecular complexity index is 1660. The second-order valence-corrected chi connectivity index (χ2v) is 11.0. The number of carboxylic acid groups (broad SMARTS) is 1. The van der Waals surface area contributed by atoms with E-state index in [4.69, 9.17) is 14.6 Å². The molecule has 2 aromatic carbocycles. The standard InChI is InChI=1S/C33H33F4N3O5/c1-21(4-5-22(2)34)18-40-19-27(26-8-6-24(17-38)14-28(26)40)32(43,33(35,36)37)20-39-12-10-25(11-13-39)45-29-9-7-23(16-31(41)42)15-30(29)44-3/h4-9,14-15,19,25,43H,1-2,10-13,16,18,20H2,3H3,(H,41,42)/b5-4-. The molecule has 0 amide bonds. The molecule has 3 aromatic rings. The van der Waals surface area contributed by atoms with Gasteiger partial charge in [0.25, 0.3) is 0 Å². The highest BCUT2D eigenvalue weighted by Gasteiger charge is 2.57. The number of piperidine rings is 1. The second-order valence-electron chi connectivity index (χ2n) is 11.0. The number of allylic oxidation sites excluding steroid dienone is 4. The number of hydrogen-bond donors (Lipinski definition) is 2. The Morgan fingerprint density at radius 3 is 2.44 bits per heavy atom. The molecule has 1 atom stereocenters. The molecule has 0 radical (unpaired) electrons. The summed E-state index contributed by atoms with van der Waals surface area (Å²) in [4.78, 5) is 12.6. The Morgan fingerprint density at radius 1 is 1.13 bits per heavy atom. The molecule has 0 aliphatic carbocycles. The maximum Gasteiger partial charge on any atom is 0.422 e. The van der Waals surface area contributed by atoms with Crippen molar-refractivity contribution in [1.82, 2.24) is 9.47 Å². The van der Waals surface area contributed by atoms with Crippen LogP contribution < -0.4 is 9.47 Å². The van der Waals surface area contributed by atoms with Crippen LogP contribution in [-0.2, 0) is 23.4 Å². The monoisotopic (exact) mass is 627 g/mol. The van der Waals surface area contributed by atoms with Gasteiger partial charge in [-0.15, -0.1) is 0 Å². The van der Waals surface area contributed by atoms with Crippen LogP contribution in [0.1, 0.15) is 29.5 Å². The predicted octanol–water partition coefficient (Wildman–Crippen LogP) is 6.04. The fourth-order valence-corrected chi connectivity index (χ4v) is 5.41. The zero-order chi connectivity index (χ0) is 32.9. The van der Waals surface area contributed by atoms with Gasteiger partial charge in [0, 0.05) is 43.3 Å². The largest absolute Gasteiger partial charge is 0.493 e. The van der Waals surface area contributed by atoms with E-state index in [2.05, 4.69) is 13.2 Å². The number of likely N-dealkylation sites (tertiary alicyclic amines) is 1. The van der Waals surface area contributed by atoms with Gasteiger partial charge in [0.2, 0.25) is 5.60 Å². The van der Waals surface area contributed by atoms with Crippen molar-refractivity contribution in [2.24, 2.45) is 0 Å². The molecule has 0 bridgehead atoms. The number of nitrogens with zero attached hydrogens (tertiary/aromatic N) is 3. The molecule has 8 nitrogen and oxygen atoms in total. The molecular formula is C33H33F4N3O5. The molecule has 2 heterocycles. The third-order valence-electron chi connectivity index (χ3n) is 7.66. The van der Waals surface area contributed by atoms with Crippen molar-refractivity contribution in [2.45, 2.75) is 43.7 Å². The van der Waals surface area contributed by atoms with Crippen LogP contribution in [0, 0.1) is 11.3 Å². The fourth-order valence-electron chi connectivity index (χ4n) is 5.41. The van der Waals surface area contributed by atoms with Gasteiger partial charge in [0.05, 0.1) is 30.7 Å². The third-order valence-corrected chi connectivity index (χ3v) is 7.66. The average Bonchev–Trinajstić information content (AvgIpc) is 3.34. The number of aliphatic carboxylic acids is 1. The molecule has 0 spiro atoms. The van der Waals surface area contributed by atoms with E-state index in [9.17, 15) is 32.7 Å². The summed E-state index contributed by atoms with van der Waals surface area (Å²) in [6, 6.07) is 11.0. The van der Waals surface area contributed by atoms with Gasteiger partial charge >= 0.3 is 12.1 Å². The number of halogens is 4. The Kier molecular flexibility index (Phi) is 10.1. The number of hydrogen-bond acceptors (Lipinski definition) is 6. The SMILES string of the molecule is C=C(F)/C=C\C(=C)Cn1cc(C(O)(CN2CCC(Oc3ccc(CC(=O)O)cc3OC)CC2)C(F)(F)F)c2ccc(C#N)cc21. The number of carboxylic acids is 1. The molecule has 45 heavy (non-hydrogen) atoms. The van der Waals surface area contributed by atoms with Gasteiger partial charge in [-0.1, -0.05) is 31.4 Å². The normalized spacial score (nSPS) is 15.9. The van der Waals surface area contributed by atoms with Crippen molar-refractivity contribution in [2.75, 3.05) is 26.7 Å². The highest BCUT2D eigenvalue weighted by molar-refractivity contribution is 5.86. The highest BCUT2D eigenvalue weighted by Crippen LogP contribution is 2.44. The molecule has 1 aliphatic heterocycles. The summed E-state index contributed by atoms with van der Waals surface area (Å²) >= 11 is 0. The average molecular weight is 628 g/mol. The fraction of sp³-hybridized carbons (Fsp3) is 0.333. The number of nitriles is 1. The molecule has 4 rings (SSSR count). The lowest BCUT2D eigenvalue weighted by atomic mass is 9.90. The molecule has 1 aliphatic rings. The lowest BCUT2D eigenvalue weighted by Gasteiger charge is -2.39. The molecule has 12 heteroatoms. The van der Waals surface area contributed by atoms with Crippen molar-refractivity contribution in [1.29, 1.82) is 5.26 Å². The number of carbonyl (C=O) groups is 1. The van der Waals surface area contributed by atoms with Gasteiger partial charge in [0.1, 0.15) is 11.9 Å². The Morgan fingerprint density at radius 2 is 1.84 bits per heavy atom. The van der Waals surface area contributed by atoms with Crippen LogP contribution >= 0.6 is 0 Å². The Balaban J connectivity index is 1.56. The van der Waals surface area contributed by atoms with E-state index >= 15 is 0 Å². The Hall–Kier alpha value is -4.60. The van der Waals surface area contributed by atoms with Gasteiger partial charge in [0.15, 0.2) is 11.5 Å². The predicted molar refractivity (Wildman–Crippen MR) is 160 cm³/mol. The topological polar surface area (TPSA) is 108 Å². The maximum absolute atomic E-state index is 14.8. The zero-order valence-corrected chi connectivity index (χ0v) is 24.6. The van der Waals surface area contributed by atoms with Gasteiger partial charge < -0.3 is 24.3 Å². The first kappa shape index (κ1) is 33.3. The summed E-state index contributed by atoms with van der Waals surface area (Å²) < 4.78 is 70.3. The van der Waals surface area contributed by atoms with Gasteiger partial charge in [-0.3, -0.25) is 9.69 Å². The molecular weight excluding hydrogens is 594 g/mol.